The fourth-order valence-corrected chi connectivity index (χ4v) is 1.90. The summed E-state index contributed by atoms with van der Waals surface area (Å²) in [6, 6.07) is 18.6. The van der Waals surface area contributed by atoms with Crippen molar-refractivity contribution >= 4 is 6.41 Å². The molecule has 0 aliphatic heterocycles. The molecule has 0 aromatic heterocycles. The van der Waals surface area contributed by atoms with E-state index in [-0.39, 0.29) is 0 Å². The normalized spacial score (nSPS) is 9.88. The van der Waals surface area contributed by atoms with Crippen molar-refractivity contribution in [3.05, 3.63) is 60.2 Å². The molecule has 2 aromatic carbocycles. The fourth-order valence-electron chi connectivity index (χ4n) is 1.90. The average molecular weight is 225 g/mol. The van der Waals surface area contributed by atoms with Gasteiger partial charge in [0.25, 0.3) is 0 Å². The molecule has 2 aromatic rings. The molecule has 0 radical (unpaired) electrons. The zero-order valence-electron chi connectivity index (χ0n) is 9.60. The molecule has 1 amide bonds. The van der Waals surface area contributed by atoms with E-state index in [2.05, 4.69) is 29.6 Å². The predicted octanol–water partition coefficient (Wildman–Crippen LogP) is 2.64. The van der Waals surface area contributed by atoms with Gasteiger partial charge in [-0.3, -0.25) is 4.79 Å². The first-order chi connectivity index (χ1) is 8.42. The van der Waals surface area contributed by atoms with E-state index in [9.17, 15) is 4.79 Å². The van der Waals surface area contributed by atoms with E-state index in [1.807, 2.05) is 30.3 Å². The van der Waals surface area contributed by atoms with Crippen LogP contribution < -0.4 is 5.32 Å². The maximum Gasteiger partial charge on any atom is 0.207 e. The summed E-state index contributed by atoms with van der Waals surface area (Å²) < 4.78 is 0. The highest BCUT2D eigenvalue weighted by Crippen LogP contribution is 2.23. The van der Waals surface area contributed by atoms with Crippen molar-refractivity contribution in [2.45, 2.75) is 6.42 Å². The Morgan fingerprint density at radius 3 is 2.41 bits per heavy atom. The minimum atomic E-state index is 0.674. The summed E-state index contributed by atoms with van der Waals surface area (Å²) in [5, 5.41) is 2.69. The van der Waals surface area contributed by atoms with E-state index >= 15 is 0 Å². The Bertz CT molecular complexity index is 479. The van der Waals surface area contributed by atoms with Crippen LogP contribution in [0.4, 0.5) is 0 Å². The second-order valence-electron chi connectivity index (χ2n) is 3.85. The van der Waals surface area contributed by atoms with Crippen LogP contribution in [0.25, 0.3) is 11.1 Å². The first kappa shape index (κ1) is 11.4. The van der Waals surface area contributed by atoms with E-state index in [1.165, 1.54) is 16.7 Å². The van der Waals surface area contributed by atoms with E-state index in [0.717, 1.165) is 12.8 Å². The SMILES string of the molecule is O=CNCCc1ccccc1-c1ccccc1. The molecule has 0 atom stereocenters. The van der Waals surface area contributed by atoms with Crippen LogP contribution in [-0.2, 0) is 11.2 Å². The first-order valence-electron chi connectivity index (χ1n) is 5.72. The van der Waals surface area contributed by atoms with Gasteiger partial charge in [0.05, 0.1) is 0 Å². The van der Waals surface area contributed by atoms with Gasteiger partial charge in [-0.1, -0.05) is 54.6 Å². The summed E-state index contributed by atoms with van der Waals surface area (Å²) in [6.07, 6.45) is 1.59. The van der Waals surface area contributed by atoms with Crippen LogP contribution in [0.15, 0.2) is 54.6 Å². The zero-order valence-corrected chi connectivity index (χ0v) is 9.60. The van der Waals surface area contributed by atoms with Gasteiger partial charge < -0.3 is 5.32 Å². The summed E-state index contributed by atoms with van der Waals surface area (Å²) in [4.78, 5) is 10.2. The molecule has 0 spiro atoms. The Morgan fingerprint density at radius 2 is 1.65 bits per heavy atom. The third kappa shape index (κ3) is 2.94. The molecule has 0 unspecified atom stereocenters. The van der Waals surface area contributed by atoms with Crippen molar-refractivity contribution < 1.29 is 4.79 Å². The molecule has 0 bridgehead atoms. The number of hydrogen-bond acceptors (Lipinski definition) is 1. The van der Waals surface area contributed by atoms with Gasteiger partial charge in [-0.05, 0) is 23.1 Å². The molecule has 0 saturated heterocycles. The highest BCUT2D eigenvalue weighted by Gasteiger charge is 2.03. The number of rotatable bonds is 5. The predicted molar refractivity (Wildman–Crippen MR) is 69.6 cm³/mol. The number of carbonyl (C=O) groups excluding carboxylic acids is 1. The van der Waals surface area contributed by atoms with E-state index in [4.69, 9.17) is 0 Å². The smallest absolute Gasteiger partial charge is 0.207 e. The molecule has 0 aliphatic rings. The van der Waals surface area contributed by atoms with Crippen molar-refractivity contribution in [2.75, 3.05) is 6.54 Å². The minimum Gasteiger partial charge on any atom is -0.358 e. The molecule has 0 heterocycles. The summed E-state index contributed by atoms with van der Waals surface area (Å²) in [5.74, 6) is 0. The van der Waals surface area contributed by atoms with Gasteiger partial charge in [0.2, 0.25) is 6.41 Å². The minimum absolute atomic E-state index is 0.674. The topological polar surface area (TPSA) is 29.1 Å². The zero-order chi connectivity index (χ0) is 11.9. The monoisotopic (exact) mass is 225 g/mol. The molecule has 0 saturated carbocycles. The second-order valence-corrected chi connectivity index (χ2v) is 3.85. The Balaban J connectivity index is 2.25. The summed E-state index contributed by atoms with van der Waals surface area (Å²) >= 11 is 0. The standard InChI is InChI=1S/C15H15NO/c17-12-16-11-10-14-8-4-5-9-15(14)13-6-2-1-3-7-13/h1-9,12H,10-11H2,(H,16,17). The summed E-state index contributed by atoms with van der Waals surface area (Å²) in [7, 11) is 0. The van der Waals surface area contributed by atoms with E-state index in [0.29, 0.717) is 6.54 Å². The first-order valence-corrected chi connectivity index (χ1v) is 5.72. The third-order valence-electron chi connectivity index (χ3n) is 2.72. The van der Waals surface area contributed by atoms with Gasteiger partial charge in [-0.25, -0.2) is 0 Å². The van der Waals surface area contributed by atoms with Crippen LogP contribution in [0.1, 0.15) is 5.56 Å². The van der Waals surface area contributed by atoms with Crippen LogP contribution in [0.3, 0.4) is 0 Å². The average Bonchev–Trinajstić information content (AvgIpc) is 2.41. The number of amides is 1. The van der Waals surface area contributed by atoms with E-state index < -0.39 is 0 Å². The van der Waals surface area contributed by atoms with Gasteiger partial charge in [0.15, 0.2) is 0 Å². The van der Waals surface area contributed by atoms with Crippen molar-refractivity contribution in [1.82, 2.24) is 5.32 Å². The number of nitrogens with one attached hydrogen (secondary N) is 1. The van der Waals surface area contributed by atoms with E-state index in [1.54, 1.807) is 0 Å². The maximum atomic E-state index is 10.2. The molecule has 17 heavy (non-hydrogen) atoms. The molecule has 2 heteroatoms. The summed E-state index contributed by atoms with van der Waals surface area (Å²) in [6.45, 7) is 0.674. The van der Waals surface area contributed by atoms with Gasteiger partial charge >= 0.3 is 0 Å². The van der Waals surface area contributed by atoms with Gasteiger partial charge in [-0.2, -0.15) is 0 Å². The lowest BCUT2D eigenvalue weighted by Gasteiger charge is -2.09. The molecular formula is C15H15NO. The lowest BCUT2D eigenvalue weighted by molar-refractivity contribution is -0.109. The van der Waals surface area contributed by atoms with Gasteiger partial charge in [0.1, 0.15) is 0 Å². The largest absolute Gasteiger partial charge is 0.358 e. The van der Waals surface area contributed by atoms with Gasteiger partial charge in [-0.15, -0.1) is 0 Å². The molecule has 86 valence electrons. The summed E-state index contributed by atoms with van der Waals surface area (Å²) in [5.41, 5.74) is 3.71. The third-order valence-corrected chi connectivity index (χ3v) is 2.72. The Labute approximate surface area is 101 Å². The lowest BCUT2D eigenvalue weighted by atomic mass is 9.98. The Kier molecular flexibility index (Phi) is 3.92. The molecular weight excluding hydrogens is 210 g/mol. The van der Waals surface area contributed by atoms with Crippen LogP contribution >= 0.6 is 0 Å². The second kappa shape index (κ2) is 5.85. The lowest BCUT2D eigenvalue weighted by Crippen LogP contribution is -2.14. The molecule has 0 aliphatic carbocycles. The highest BCUT2D eigenvalue weighted by molar-refractivity contribution is 5.67. The molecule has 0 fully saturated rings. The Morgan fingerprint density at radius 1 is 0.941 bits per heavy atom. The fraction of sp³-hybridized carbons (Fsp3) is 0.133. The molecule has 2 rings (SSSR count). The van der Waals surface area contributed by atoms with Crippen LogP contribution in [0, 0.1) is 0 Å². The number of benzene rings is 2. The molecule has 1 N–H and O–H groups in total. The van der Waals surface area contributed by atoms with Crippen molar-refractivity contribution in [3.63, 3.8) is 0 Å². The Hall–Kier alpha value is -2.09. The van der Waals surface area contributed by atoms with Crippen LogP contribution in [-0.4, -0.2) is 13.0 Å². The van der Waals surface area contributed by atoms with Crippen LogP contribution in [0.5, 0.6) is 0 Å². The number of carbonyl (C=O) groups is 1. The number of hydrogen-bond donors (Lipinski definition) is 1. The van der Waals surface area contributed by atoms with Crippen molar-refractivity contribution in [1.29, 1.82) is 0 Å². The molecule has 2 nitrogen and oxygen atoms in total. The highest BCUT2D eigenvalue weighted by atomic mass is 16.1. The van der Waals surface area contributed by atoms with Crippen molar-refractivity contribution in [3.8, 4) is 11.1 Å². The maximum absolute atomic E-state index is 10.2. The van der Waals surface area contributed by atoms with Crippen LogP contribution in [0.2, 0.25) is 0 Å². The quantitative estimate of drug-likeness (QED) is 0.615. The van der Waals surface area contributed by atoms with Gasteiger partial charge in [0, 0.05) is 6.54 Å². The van der Waals surface area contributed by atoms with Crippen molar-refractivity contribution in [2.24, 2.45) is 0 Å².